The number of aromatic nitrogens is 18. The number of nitrogens with zero attached hydrogens (tertiary/aromatic N) is 16. The highest BCUT2D eigenvalue weighted by Gasteiger charge is 2.52. The number of para-hydroxylation sites is 3. The van der Waals surface area contributed by atoms with E-state index in [-0.39, 0.29) is 124 Å². The highest BCUT2D eigenvalue weighted by molar-refractivity contribution is 5.81. The number of hydrogen-bond acceptors (Lipinski definition) is 45. The van der Waals surface area contributed by atoms with Gasteiger partial charge in [0.15, 0.2) is 96.5 Å². The molecule has 53 nitrogen and oxygen atoms in total. The summed E-state index contributed by atoms with van der Waals surface area (Å²) in [7, 11) is 7.66. The summed E-state index contributed by atoms with van der Waals surface area (Å²) >= 11 is 0. The van der Waals surface area contributed by atoms with E-state index in [0.29, 0.717) is 53.1 Å². The first kappa shape index (κ1) is 109. The molecule has 15 heterocycles. The quantitative estimate of drug-likeness (QED) is 0.0200. The standard InChI is InChI=1S/C18H21N5O6.C18H23N5O5.C18H21N5O5.2C14H21N5O6.3C2H6/c1-26-7-11-14(28-9-27-10-5-3-2-4-6-10)13(24)17(29-11)23-8-20-12-15(23)21-18(19)22-16(12)25;1-25-7-12-15(27-10-26-11-5-3-2-4-6-11)14(24)18(28-12)23-9-22-13-16(19)20-8-21-17(13)23;1-25-7-12-14(24)15(27-10-26-11-5-3-2-4-6-11)18(28-12)23-9-22-13-16(19)20-8-21-17(13)23;1-3-23-6-24-10-7(4-22-2)25-13(9(10)20)19-5-16-8-11(19)17-14(15)18-12(8)21;1-3-23-6-24-10-9(20)7(4-22-2)25-13(10)19-5-16-8-11(19)17-14(15)18-12(8)21;3*1-2/h2-6,8,11,13-14,17,24H,7,9H2,1H3,(H3,19,21,22,25);2-6,8-9,12,14-16,18,24H,7,10,19H2,1H3,(H,20,21);2-6,8-9,12,14-15,18,24H,7,10H2,1H3,(H2,19,20,21);2*5,7,9-10,13,20H,3-4,6H2,1-2H3,(H3,15,17,18,21);3*1-2H3. The molecule has 0 aliphatic carbocycles. The van der Waals surface area contributed by atoms with E-state index in [1.165, 1.54) is 73.0 Å². The van der Waals surface area contributed by atoms with Crippen LogP contribution in [0.1, 0.15) is 98.4 Å². The van der Waals surface area contributed by atoms with Gasteiger partial charge in [-0.25, -0.2) is 34.9 Å². The molecule has 0 radical (unpaired) electrons. The van der Waals surface area contributed by atoms with Gasteiger partial charge < -0.3 is 154 Å². The maximum Gasteiger partial charge on any atom is 0.280 e. The number of nitrogen functional groups attached to an aromatic ring is 4. The molecule has 0 bridgehead atoms. The van der Waals surface area contributed by atoms with Crippen molar-refractivity contribution in [3.8, 4) is 17.2 Å². The largest absolute Gasteiger partial charge is 0.468 e. The molecule has 21 atom stereocenters. The number of nitrogens with one attached hydrogen (secondary N) is 4. The molecule has 19 N–H and O–H groups in total. The number of aromatic amines is 3. The van der Waals surface area contributed by atoms with Gasteiger partial charge in [0.1, 0.15) is 152 Å². The summed E-state index contributed by atoms with van der Waals surface area (Å²) < 4.78 is 119. The summed E-state index contributed by atoms with van der Waals surface area (Å²) in [5.74, 6) is 2.72. The summed E-state index contributed by atoms with van der Waals surface area (Å²) in [5, 5.41) is 56.6. The van der Waals surface area contributed by atoms with Gasteiger partial charge in [-0.05, 0) is 50.2 Å². The number of hydrogen-bond donors (Lipinski definition) is 14. The maximum absolute atomic E-state index is 12.0. The second kappa shape index (κ2) is 54.0. The number of H-pyrrole nitrogens is 3. The summed E-state index contributed by atoms with van der Waals surface area (Å²) in [6.07, 6.45) is -5.67. The zero-order valence-corrected chi connectivity index (χ0v) is 80.0. The summed E-state index contributed by atoms with van der Waals surface area (Å²) in [5.41, 5.74) is 29.7. The fraction of sp³-hybridized carbons (Fsp3) is 0.523. The van der Waals surface area contributed by atoms with Crippen molar-refractivity contribution < 1.29 is 120 Å². The van der Waals surface area contributed by atoms with Gasteiger partial charge in [0.25, 0.3) is 16.7 Å². The first-order valence-corrected chi connectivity index (χ1v) is 45.2. The topological polar surface area (TPSA) is 692 Å². The summed E-state index contributed by atoms with van der Waals surface area (Å²) in [4.78, 5) is 88.2. The van der Waals surface area contributed by atoms with Gasteiger partial charge in [-0.1, -0.05) is 96.1 Å². The summed E-state index contributed by atoms with van der Waals surface area (Å²) in [6.45, 7) is 17.5. The minimum atomic E-state index is -1.09. The van der Waals surface area contributed by atoms with Gasteiger partial charge in [0.05, 0.1) is 71.0 Å². The van der Waals surface area contributed by atoms with Crippen LogP contribution >= 0.6 is 0 Å². The molecule has 0 amide bonds. The van der Waals surface area contributed by atoms with Gasteiger partial charge >= 0.3 is 0 Å². The Morgan fingerprint density at radius 1 is 0.369 bits per heavy atom. The molecule has 770 valence electrons. The van der Waals surface area contributed by atoms with Crippen molar-refractivity contribution in [1.29, 1.82) is 0 Å². The number of imidazole rings is 5. The third-order valence-corrected chi connectivity index (χ3v) is 21.6. The van der Waals surface area contributed by atoms with Crippen molar-refractivity contribution >= 4 is 80.5 Å². The number of anilines is 5. The van der Waals surface area contributed by atoms with Gasteiger partial charge in [0.2, 0.25) is 17.8 Å². The number of nitrogens with two attached hydrogens (primary N) is 5. The van der Waals surface area contributed by atoms with Crippen LogP contribution in [0.15, 0.2) is 148 Å². The number of aliphatic imine (C=N–C) groups is 1. The molecule has 21 unspecified atom stereocenters. The normalized spacial score (nSPS) is 25.1. The molecule has 6 aliphatic heterocycles. The van der Waals surface area contributed by atoms with Crippen molar-refractivity contribution in [1.82, 2.24) is 87.6 Å². The number of fused-ring (bicyclic) bond motifs is 5. The van der Waals surface area contributed by atoms with Crippen LogP contribution in [-0.4, -0.2) is 327 Å². The molecular weight excluding hydrogens is 1860 g/mol. The lowest BCUT2D eigenvalue weighted by Gasteiger charge is -2.22. The van der Waals surface area contributed by atoms with Crippen molar-refractivity contribution in [2.24, 2.45) is 10.7 Å². The van der Waals surface area contributed by atoms with Gasteiger partial charge in [0, 0.05) is 48.8 Å². The lowest BCUT2D eigenvalue weighted by atomic mass is 10.1. The number of benzene rings is 3. The molecule has 53 heteroatoms. The third-order valence-electron chi connectivity index (χ3n) is 21.6. The van der Waals surface area contributed by atoms with E-state index < -0.39 is 146 Å². The summed E-state index contributed by atoms with van der Waals surface area (Å²) in [6, 6.07) is 27.7. The fourth-order valence-electron chi connectivity index (χ4n) is 15.3. The lowest BCUT2D eigenvalue weighted by Crippen LogP contribution is -2.37. The van der Waals surface area contributed by atoms with E-state index >= 15 is 0 Å². The maximum atomic E-state index is 12.0. The highest BCUT2D eigenvalue weighted by Crippen LogP contribution is 2.41. The van der Waals surface area contributed by atoms with Gasteiger partial charge in [-0.15, -0.1) is 0 Å². The SMILES string of the molecule is CC.CC.CC.CCOCOC1C(COC)OC(n2cnc3c(=O)[nH]c(N)nc32)C1O.CCOCOC1C(O)C(COC)OC1n1cnc2c(=O)[nH]c(N)nc21.COCC1OC(n2cnc3c(=O)[nH]c(N)nc32)C(O)C1OCOc1ccccc1.COCC1OC(n2cnc3c(N)ncnc32)C(OCOc2ccccc2)C1O.COCC1OC(n2cnc3c2NC=NC3N)C(O)C1OCOc1ccccc1. The van der Waals surface area contributed by atoms with Crippen LogP contribution in [0.4, 0.5) is 29.5 Å². The molecular formula is C88H125N25O28. The zero-order chi connectivity index (χ0) is 101. The Morgan fingerprint density at radius 2 is 0.681 bits per heavy atom. The predicted molar refractivity (Wildman–Crippen MR) is 505 cm³/mol. The smallest absolute Gasteiger partial charge is 0.280 e. The fourth-order valence-corrected chi connectivity index (χ4v) is 15.3. The minimum absolute atomic E-state index is 0.0133. The van der Waals surface area contributed by atoms with Crippen LogP contribution in [0, 0.1) is 0 Å². The first-order valence-electron chi connectivity index (χ1n) is 45.2. The van der Waals surface area contributed by atoms with E-state index in [9.17, 15) is 39.9 Å². The Kier molecular flexibility index (Phi) is 41.8. The lowest BCUT2D eigenvalue weighted by molar-refractivity contribution is -0.136. The molecule has 18 rings (SSSR count). The van der Waals surface area contributed by atoms with Crippen LogP contribution in [-0.2, 0) is 80.5 Å². The van der Waals surface area contributed by atoms with Crippen molar-refractivity contribution in [2.45, 2.75) is 184 Å². The third kappa shape index (κ3) is 26.5. The molecule has 141 heavy (non-hydrogen) atoms. The van der Waals surface area contributed by atoms with Crippen molar-refractivity contribution in [2.75, 3.05) is 144 Å². The Bertz CT molecular complexity index is 5970. The van der Waals surface area contributed by atoms with E-state index in [1.54, 1.807) is 41.8 Å². The van der Waals surface area contributed by atoms with Crippen molar-refractivity contribution in [3.63, 3.8) is 0 Å². The van der Waals surface area contributed by atoms with Gasteiger partial charge in [-0.3, -0.25) is 57.2 Å². The van der Waals surface area contributed by atoms with Crippen LogP contribution in [0.5, 0.6) is 17.2 Å². The number of methoxy groups -OCH3 is 5. The molecule has 9 aromatic heterocycles. The molecule has 5 saturated heterocycles. The highest BCUT2D eigenvalue weighted by atomic mass is 16.7. The molecule has 0 spiro atoms. The van der Waals surface area contributed by atoms with Crippen molar-refractivity contribution in [3.05, 3.63) is 166 Å². The number of rotatable bonds is 35. The molecule has 12 aromatic rings. The monoisotopic (exact) mass is 1980 g/mol. The van der Waals surface area contributed by atoms with E-state index in [2.05, 4.69) is 75.1 Å². The molecule has 0 saturated carbocycles. The van der Waals surface area contributed by atoms with Crippen LogP contribution in [0.2, 0.25) is 0 Å². The number of aliphatic hydroxyl groups excluding tert-OH is 5. The predicted octanol–water partition coefficient (Wildman–Crippen LogP) is 2.43. The Morgan fingerprint density at radius 3 is 1.05 bits per heavy atom. The van der Waals surface area contributed by atoms with E-state index in [0.717, 1.165) is 0 Å². The van der Waals surface area contributed by atoms with E-state index in [1.807, 2.05) is 134 Å². The number of aliphatic hydroxyl groups is 5. The average Bonchev–Trinajstić information content (AvgIpc) is 1.64. The van der Waals surface area contributed by atoms with E-state index in [4.69, 9.17) is 123 Å². The Hall–Kier alpha value is -12.4. The van der Waals surface area contributed by atoms with Crippen LogP contribution in [0.3, 0.4) is 0 Å². The van der Waals surface area contributed by atoms with Crippen LogP contribution < -0.4 is 64.9 Å². The molecule has 5 fully saturated rings. The zero-order valence-electron chi connectivity index (χ0n) is 80.0. The molecule has 6 aliphatic rings. The van der Waals surface area contributed by atoms with Crippen LogP contribution in [0.25, 0.3) is 44.7 Å². The Balaban J connectivity index is 0.000000166. The minimum Gasteiger partial charge on any atom is -0.468 e. The molecule has 3 aromatic carbocycles. The van der Waals surface area contributed by atoms with Gasteiger partial charge in [-0.2, -0.15) is 15.0 Å². The first-order chi connectivity index (χ1) is 68.6. The number of ether oxygens (including phenoxy) is 20. The second-order valence-corrected chi connectivity index (χ2v) is 30.3. The Labute approximate surface area is 807 Å². The second-order valence-electron chi connectivity index (χ2n) is 30.3. The average molecular weight is 1980 g/mol.